The van der Waals surface area contributed by atoms with Gasteiger partial charge < -0.3 is 5.32 Å². The molecule has 2 heterocycles. The highest BCUT2D eigenvalue weighted by atomic mass is 32.2. The summed E-state index contributed by atoms with van der Waals surface area (Å²) in [6.45, 7) is 3.72. The van der Waals surface area contributed by atoms with E-state index in [1.807, 2.05) is 24.3 Å². The van der Waals surface area contributed by atoms with Crippen molar-refractivity contribution in [1.82, 2.24) is 19.3 Å². The number of piperidine rings is 1. The molecule has 1 aromatic heterocycles. The van der Waals surface area contributed by atoms with Gasteiger partial charge in [0.15, 0.2) is 0 Å². The third-order valence-electron chi connectivity index (χ3n) is 5.88. The van der Waals surface area contributed by atoms with Gasteiger partial charge in [0.1, 0.15) is 5.52 Å². The van der Waals surface area contributed by atoms with Crippen LogP contribution >= 0.6 is 0 Å². The second-order valence-electron chi connectivity index (χ2n) is 8.09. The number of nitrogens with zero attached hydrogens (tertiary/aromatic N) is 4. The van der Waals surface area contributed by atoms with Crippen LogP contribution in [0.25, 0.3) is 11.0 Å². The number of hydrogen-bond acceptors (Lipinski definition) is 5. The van der Waals surface area contributed by atoms with Crippen molar-refractivity contribution in [2.24, 2.45) is 0 Å². The zero-order chi connectivity index (χ0) is 22.6. The van der Waals surface area contributed by atoms with Crippen LogP contribution in [-0.2, 0) is 27.8 Å². The first kappa shape index (κ1) is 22.4. The van der Waals surface area contributed by atoms with Crippen LogP contribution in [0.3, 0.4) is 0 Å². The lowest BCUT2D eigenvalue weighted by Gasteiger charge is -2.25. The fourth-order valence-corrected chi connectivity index (χ4v) is 5.62. The summed E-state index contributed by atoms with van der Waals surface area (Å²) < 4.78 is 29.1. The summed E-state index contributed by atoms with van der Waals surface area (Å²) in [5.74, 6) is -0.0368. The number of para-hydroxylation sites is 1. The lowest BCUT2D eigenvalue weighted by Crippen LogP contribution is -2.35. The maximum absolute atomic E-state index is 12.9. The van der Waals surface area contributed by atoms with Crippen molar-refractivity contribution in [2.45, 2.75) is 56.9 Å². The molecule has 1 aliphatic heterocycles. The van der Waals surface area contributed by atoms with E-state index in [1.54, 1.807) is 27.2 Å². The molecule has 0 atom stereocenters. The Morgan fingerprint density at radius 1 is 1.09 bits per heavy atom. The number of benzene rings is 2. The fraction of sp³-hybridized carbons (Fsp3) is 0.435. The molecule has 9 heteroatoms. The minimum absolute atomic E-state index is 0.0368. The quantitative estimate of drug-likeness (QED) is 0.560. The van der Waals surface area contributed by atoms with E-state index >= 15 is 0 Å². The van der Waals surface area contributed by atoms with E-state index in [9.17, 15) is 13.2 Å². The highest BCUT2D eigenvalue weighted by Crippen LogP contribution is 2.23. The molecule has 1 saturated heterocycles. The highest BCUT2D eigenvalue weighted by Gasteiger charge is 2.26. The zero-order valence-electron chi connectivity index (χ0n) is 18.3. The average Bonchev–Trinajstić information content (AvgIpc) is 3.22. The molecule has 2 aromatic carbocycles. The Bertz CT molecular complexity index is 1200. The van der Waals surface area contributed by atoms with Gasteiger partial charge in [0.2, 0.25) is 15.9 Å². The van der Waals surface area contributed by atoms with E-state index in [0.29, 0.717) is 38.0 Å². The van der Waals surface area contributed by atoms with Gasteiger partial charge in [-0.05, 0) is 55.5 Å². The number of hydrogen-bond donors (Lipinski definition) is 1. The molecule has 1 N–H and O–H groups in total. The molecular weight excluding hydrogens is 426 g/mol. The Morgan fingerprint density at radius 2 is 1.88 bits per heavy atom. The first-order valence-corrected chi connectivity index (χ1v) is 12.6. The summed E-state index contributed by atoms with van der Waals surface area (Å²) in [4.78, 5) is 12.6. The summed E-state index contributed by atoms with van der Waals surface area (Å²) in [7, 11) is -3.50. The van der Waals surface area contributed by atoms with Crippen molar-refractivity contribution in [3.8, 4) is 0 Å². The molecule has 32 heavy (non-hydrogen) atoms. The second kappa shape index (κ2) is 9.79. The van der Waals surface area contributed by atoms with Crippen LogP contribution in [0.15, 0.2) is 47.4 Å². The molecule has 0 bridgehead atoms. The van der Waals surface area contributed by atoms with Gasteiger partial charge in [0.05, 0.1) is 10.4 Å². The van der Waals surface area contributed by atoms with Crippen molar-refractivity contribution in [1.29, 1.82) is 0 Å². The number of anilines is 1. The lowest BCUT2D eigenvalue weighted by molar-refractivity contribution is -0.116. The number of carbonyl (C=O) groups is 1. The largest absolute Gasteiger partial charge is 0.326 e. The molecule has 0 unspecified atom stereocenters. The van der Waals surface area contributed by atoms with Gasteiger partial charge in [-0.3, -0.25) is 4.79 Å². The molecule has 3 aromatic rings. The Morgan fingerprint density at radius 3 is 2.66 bits per heavy atom. The number of aryl methyl sites for hydroxylation is 2. The van der Waals surface area contributed by atoms with Crippen molar-refractivity contribution in [2.75, 3.05) is 18.4 Å². The minimum atomic E-state index is -3.50. The van der Waals surface area contributed by atoms with E-state index in [0.717, 1.165) is 42.5 Å². The summed E-state index contributed by atoms with van der Waals surface area (Å²) in [5.41, 5.74) is 3.27. The molecule has 1 fully saturated rings. The van der Waals surface area contributed by atoms with Crippen LogP contribution in [0.5, 0.6) is 0 Å². The topological polar surface area (TPSA) is 97.2 Å². The van der Waals surface area contributed by atoms with Gasteiger partial charge in [-0.25, -0.2) is 13.1 Å². The van der Waals surface area contributed by atoms with Crippen LogP contribution < -0.4 is 5.32 Å². The molecule has 0 aliphatic carbocycles. The fourth-order valence-electron chi connectivity index (χ4n) is 4.08. The van der Waals surface area contributed by atoms with E-state index in [-0.39, 0.29) is 10.8 Å². The van der Waals surface area contributed by atoms with E-state index < -0.39 is 10.0 Å². The average molecular weight is 456 g/mol. The summed E-state index contributed by atoms with van der Waals surface area (Å²) in [5, 5.41) is 11.3. The minimum Gasteiger partial charge on any atom is -0.326 e. The smallest absolute Gasteiger partial charge is 0.243 e. The van der Waals surface area contributed by atoms with Gasteiger partial charge in [-0.2, -0.15) is 4.31 Å². The molecule has 1 aliphatic rings. The van der Waals surface area contributed by atoms with E-state index in [1.165, 1.54) is 0 Å². The SMILES string of the molecule is CCc1ccccc1NC(=O)CCCn1nnc2cc(S(=O)(=O)N3CCCCC3)ccc21. The van der Waals surface area contributed by atoms with Gasteiger partial charge in [-0.1, -0.05) is 36.8 Å². The predicted molar refractivity (Wildman–Crippen MR) is 124 cm³/mol. The molecule has 4 rings (SSSR count). The summed E-state index contributed by atoms with van der Waals surface area (Å²) >= 11 is 0. The number of sulfonamides is 1. The van der Waals surface area contributed by atoms with Gasteiger partial charge >= 0.3 is 0 Å². The van der Waals surface area contributed by atoms with Gasteiger partial charge in [0.25, 0.3) is 0 Å². The maximum Gasteiger partial charge on any atom is 0.243 e. The molecule has 0 spiro atoms. The number of aromatic nitrogens is 3. The molecule has 1 amide bonds. The van der Waals surface area contributed by atoms with Gasteiger partial charge in [-0.15, -0.1) is 5.10 Å². The molecule has 0 radical (unpaired) electrons. The van der Waals surface area contributed by atoms with Crippen molar-refractivity contribution in [3.05, 3.63) is 48.0 Å². The highest BCUT2D eigenvalue weighted by molar-refractivity contribution is 7.89. The van der Waals surface area contributed by atoms with Crippen LogP contribution in [0, 0.1) is 0 Å². The van der Waals surface area contributed by atoms with Crippen LogP contribution in [0.4, 0.5) is 5.69 Å². The third-order valence-corrected chi connectivity index (χ3v) is 7.78. The first-order valence-electron chi connectivity index (χ1n) is 11.2. The van der Waals surface area contributed by atoms with Crippen molar-refractivity contribution < 1.29 is 13.2 Å². The van der Waals surface area contributed by atoms with E-state index in [2.05, 4.69) is 22.6 Å². The number of nitrogens with one attached hydrogen (secondary N) is 1. The molecule has 0 saturated carbocycles. The number of fused-ring (bicyclic) bond motifs is 1. The first-order chi connectivity index (χ1) is 15.5. The van der Waals surface area contributed by atoms with Crippen LogP contribution in [0.1, 0.15) is 44.6 Å². The number of carbonyl (C=O) groups excluding carboxylic acids is 1. The number of rotatable bonds is 8. The summed E-state index contributed by atoms with van der Waals surface area (Å²) in [6, 6.07) is 12.8. The monoisotopic (exact) mass is 455 g/mol. The van der Waals surface area contributed by atoms with Crippen molar-refractivity contribution >= 4 is 32.7 Å². The Kier molecular flexibility index (Phi) is 6.86. The Labute approximate surface area is 188 Å². The van der Waals surface area contributed by atoms with Crippen molar-refractivity contribution in [3.63, 3.8) is 0 Å². The van der Waals surface area contributed by atoms with E-state index in [4.69, 9.17) is 0 Å². The summed E-state index contributed by atoms with van der Waals surface area (Å²) in [6.07, 6.45) is 4.69. The Balaban J connectivity index is 1.38. The van der Waals surface area contributed by atoms with Crippen LogP contribution in [0.2, 0.25) is 0 Å². The van der Waals surface area contributed by atoms with Crippen LogP contribution in [-0.4, -0.2) is 46.7 Å². The number of amides is 1. The molecule has 8 nitrogen and oxygen atoms in total. The lowest BCUT2D eigenvalue weighted by atomic mass is 10.1. The zero-order valence-corrected chi connectivity index (χ0v) is 19.1. The molecular formula is C23H29N5O3S. The molecule has 170 valence electrons. The maximum atomic E-state index is 12.9. The third kappa shape index (κ3) is 4.83. The van der Waals surface area contributed by atoms with Gasteiger partial charge in [0, 0.05) is 31.7 Å². The Hall–Kier alpha value is -2.78. The predicted octanol–water partition coefficient (Wildman–Crippen LogP) is 3.59. The normalized spacial score (nSPS) is 15.2. The second-order valence-corrected chi connectivity index (χ2v) is 10.0. The standard InChI is InChI=1S/C23H29N5O3S/c1-2-18-9-4-5-10-20(18)24-23(29)11-8-16-28-22-13-12-19(17-21(22)25-26-28)32(30,31)27-14-6-3-7-15-27/h4-5,9-10,12-13,17H,2-3,6-8,11,14-16H2,1H3,(H,24,29).